The van der Waals surface area contributed by atoms with E-state index < -0.39 is 11.6 Å². The lowest BCUT2D eigenvalue weighted by molar-refractivity contribution is -0.165. The van der Waals surface area contributed by atoms with Crippen LogP contribution in [0.3, 0.4) is 0 Å². The molecule has 2 N–H and O–H groups in total. The summed E-state index contributed by atoms with van der Waals surface area (Å²) in [7, 11) is 0. The maximum atomic E-state index is 11.3. The summed E-state index contributed by atoms with van der Waals surface area (Å²) in [6, 6.07) is 5.76. The van der Waals surface area contributed by atoms with E-state index >= 15 is 0 Å². The molecular formula is C14H15NO4. The number of rotatable bonds is 4. The number of carboxylic acid groups (broad SMARTS) is 1. The monoisotopic (exact) mass is 261 g/mol. The molecule has 1 atom stereocenters. The van der Waals surface area contributed by atoms with Gasteiger partial charge in [0.1, 0.15) is 0 Å². The van der Waals surface area contributed by atoms with Crippen molar-refractivity contribution in [3.05, 3.63) is 29.3 Å². The summed E-state index contributed by atoms with van der Waals surface area (Å²) in [4.78, 5) is 22.1. The third-order valence-electron chi connectivity index (χ3n) is 3.88. The van der Waals surface area contributed by atoms with Crippen molar-refractivity contribution in [3.63, 3.8) is 0 Å². The zero-order chi connectivity index (χ0) is 13.5. The van der Waals surface area contributed by atoms with E-state index in [-0.39, 0.29) is 12.3 Å². The second kappa shape index (κ2) is 4.35. The Morgan fingerprint density at radius 2 is 2.26 bits per heavy atom. The molecule has 0 saturated carbocycles. The summed E-state index contributed by atoms with van der Waals surface area (Å²) in [5, 5.41) is 11.6. The Labute approximate surface area is 110 Å². The van der Waals surface area contributed by atoms with Crippen LogP contribution in [0.5, 0.6) is 0 Å². The third kappa shape index (κ3) is 2.10. The van der Waals surface area contributed by atoms with E-state index in [0.717, 1.165) is 23.2 Å². The van der Waals surface area contributed by atoms with Crippen molar-refractivity contribution in [3.8, 4) is 0 Å². The lowest BCUT2D eigenvalue weighted by atomic mass is 9.81. The Hall–Kier alpha value is -1.88. The predicted octanol–water partition coefficient (Wildman–Crippen LogP) is 1.66. The van der Waals surface area contributed by atoms with Gasteiger partial charge in [-0.25, -0.2) is 0 Å². The van der Waals surface area contributed by atoms with Gasteiger partial charge in [-0.2, -0.15) is 0 Å². The SMILES string of the molecule is O=C(O)CCC1(c2ccc3c(c2)CC(=O)N3)CCO1. The van der Waals surface area contributed by atoms with Gasteiger partial charge in [-0.3, -0.25) is 9.59 Å². The fraction of sp³-hybridized carbons (Fsp3) is 0.429. The maximum absolute atomic E-state index is 11.3. The first-order valence-electron chi connectivity index (χ1n) is 6.38. The number of nitrogens with one attached hydrogen (secondary N) is 1. The summed E-state index contributed by atoms with van der Waals surface area (Å²) in [6.45, 7) is 0.661. The molecule has 1 aromatic rings. The number of carboxylic acids is 1. The van der Waals surface area contributed by atoms with Crippen molar-refractivity contribution in [2.45, 2.75) is 31.3 Å². The fourth-order valence-electron chi connectivity index (χ4n) is 2.74. The van der Waals surface area contributed by atoms with E-state index in [4.69, 9.17) is 9.84 Å². The Bertz CT molecular complexity index is 548. The molecule has 2 aliphatic heterocycles. The lowest BCUT2D eigenvalue weighted by Crippen LogP contribution is -2.41. The standard InChI is InChI=1S/C14H15NO4/c16-12-8-9-7-10(1-2-11(9)15-12)14(5-6-19-14)4-3-13(17)18/h1-2,7H,3-6,8H2,(H,15,16)(H,17,18). The highest BCUT2D eigenvalue weighted by Crippen LogP contribution is 2.43. The second-order valence-corrected chi connectivity index (χ2v) is 5.08. The Morgan fingerprint density at radius 1 is 1.47 bits per heavy atom. The van der Waals surface area contributed by atoms with Crippen molar-refractivity contribution in [1.82, 2.24) is 0 Å². The second-order valence-electron chi connectivity index (χ2n) is 5.08. The predicted molar refractivity (Wildman–Crippen MR) is 67.9 cm³/mol. The van der Waals surface area contributed by atoms with Gasteiger partial charge >= 0.3 is 5.97 Å². The number of carbonyl (C=O) groups excluding carboxylic acids is 1. The van der Waals surface area contributed by atoms with Gasteiger partial charge < -0.3 is 15.2 Å². The number of amides is 1. The minimum atomic E-state index is -0.812. The van der Waals surface area contributed by atoms with Crippen LogP contribution in [-0.2, 0) is 26.3 Å². The average Bonchev–Trinajstić information content (AvgIpc) is 2.66. The molecule has 0 bridgehead atoms. The fourth-order valence-corrected chi connectivity index (χ4v) is 2.74. The van der Waals surface area contributed by atoms with Crippen LogP contribution in [0.4, 0.5) is 5.69 Å². The summed E-state index contributed by atoms with van der Waals surface area (Å²) >= 11 is 0. The smallest absolute Gasteiger partial charge is 0.303 e. The van der Waals surface area contributed by atoms with Gasteiger partial charge in [0.2, 0.25) is 5.91 Å². The zero-order valence-electron chi connectivity index (χ0n) is 10.4. The first-order valence-corrected chi connectivity index (χ1v) is 6.38. The maximum Gasteiger partial charge on any atom is 0.303 e. The van der Waals surface area contributed by atoms with E-state index in [1.54, 1.807) is 0 Å². The van der Waals surface area contributed by atoms with Gasteiger partial charge in [-0.1, -0.05) is 12.1 Å². The van der Waals surface area contributed by atoms with E-state index in [1.165, 1.54) is 0 Å². The van der Waals surface area contributed by atoms with Crippen LogP contribution in [-0.4, -0.2) is 23.6 Å². The molecule has 19 heavy (non-hydrogen) atoms. The first-order chi connectivity index (χ1) is 9.09. The molecule has 5 heteroatoms. The molecule has 2 heterocycles. The van der Waals surface area contributed by atoms with Crippen LogP contribution in [0.15, 0.2) is 18.2 Å². The highest BCUT2D eigenvalue weighted by atomic mass is 16.5. The van der Waals surface area contributed by atoms with Crippen molar-refractivity contribution >= 4 is 17.6 Å². The van der Waals surface area contributed by atoms with Crippen molar-refractivity contribution < 1.29 is 19.4 Å². The number of ether oxygens (including phenoxy) is 1. The molecule has 1 aromatic carbocycles. The molecule has 1 amide bonds. The van der Waals surface area contributed by atoms with E-state index in [2.05, 4.69) is 5.32 Å². The summed E-state index contributed by atoms with van der Waals surface area (Å²) in [5.41, 5.74) is 2.32. The van der Waals surface area contributed by atoms with Crippen LogP contribution >= 0.6 is 0 Å². The average molecular weight is 261 g/mol. The molecule has 5 nitrogen and oxygen atoms in total. The number of hydrogen-bond acceptors (Lipinski definition) is 3. The summed E-state index contributed by atoms with van der Waals surface area (Å²) in [6.07, 6.45) is 1.79. The minimum Gasteiger partial charge on any atom is -0.481 e. The van der Waals surface area contributed by atoms with Gasteiger partial charge in [0, 0.05) is 18.5 Å². The molecule has 0 aromatic heterocycles. The normalized spacial score (nSPS) is 24.5. The molecule has 2 aliphatic rings. The van der Waals surface area contributed by atoms with Crippen LogP contribution in [0.2, 0.25) is 0 Å². The van der Waals surface area contributed by atoms with E-state index in [0.29, 0.717) is 19.4 Å². The molecule has 1 unspecified atom stereocenters. The lowest BCUT2D eigenvalue weighted by Gasteiger charge is -2.42. The number of aliphatic carboxylic acids is 1. The van der Waals surface area contributed by atoms with Gasteiger partial charge in [0.25, 0.3) is 0 Å². The van der Waals surface area contributed by atoms with Gasteiger partial charge in [-0.05, 0) is 23.6 Å². The van der Waals surface area contributed by atoms with E-state index in [1.807, 2.05) is 18.2 Å². The van der Waals surface area contributed by atoms with E-state index in [9.17, 15) is 9.59 Å². The van der Waals surface area contributed by atoms with Crippen LogP contribution in [0.25, 0.3) is 0 Å². The number of carbonyl (C=O) groups is 2. The molecule has 0 aliphatic carbocycles. The van der Waals surface area contributed by atoms with Crippen LogP contribution in [0.1, 0.15) is 30.4 Å². The Morgan fingerprint density at radius 3 is 2.89 bits per heavy atom. The molecule has 1 saturated heterocycles. The van der Waals surface area contributed by atoms with Gasteiger partial charge in [0.05, 0.1) is 18.6 Å². The number of hydrogen-bond donors (Lipinski definition) is 2. The molecule has 1 fully saturated rings. The summed E-state index contributed by atoms with van der Waals surface area (Å²) < 4.78 is 5.67. The first kappa shape index (κ1) is 12.2. The molecule has 0 spiro atoms. The molecular weight excluding hydrogens is 246 g/mol. The van der Waals surface area contributed by atoms with Crippen LogP contribution < -0.4 is 5.32 Å². The van der Waals surface area contributed by atoms with Gasteiger partial charge in [-0.15, -0.1) is 0 Å². The quantitative estimate of drug-likeness (QED) is 0.864. The Kier molecular flexibility index (Phi) is 2.78. The number of fused-ring (bicyclic) bond motifs is 1. The van der Waals surface area contributed by atoms with Gasteiger partial charge in [0.15, 0.2) is 0 Å². The summed E-state index contributed by atoms with van der Waals surface area (Å²) in [5.74, 6) is -0.811. The highest BCUT2D eigenvalue weighted by molar-refractivity contribution is 5.99. The molecule has 0 radical (unpaired) electrons. The number of anilines is 1. The molecule has 3 rings (SSSR count). The van der Waals surface area contributed by atoms with Crippen molar-refractivity contribution in [2.75, 3.05) is 11.9 Å². The third-order valence-corrected chi connectivity index (χ3v) is 3.88. The highest BCUT2D eigenvalue weighted by Gasteiger charge is 2.40. The van der Waals surface area contributed by atoms with Crippen molar-refractivity contribution in [1.29, 1.82) is 0 Å². The Balaban J connectivity index is 1.86. The van der Waals surface area contributed by atoms with Crippen LogP contribution in [0, 0.1) is 0 Å². The number of benzene rings is 1. The van der Waals surface area contributed by atoms with Crippen molar-refractivity contribution in [2.24, 2.45) is 0 Å². The zero-order valence-corrected chi connectivity index (χ0v) is 10.4. The largest absolute Gasteiger partial charge is 0.481 e. The minimum absolute atomic E-state index is 0.00117. The topological polar surface area (TPSA) is 75.6 Å². The molecule has 100 valence electrons.